The second kappa shape index (κ2) is 8.29. The van der Waals surface area contributed by atoms with Crippen LogP contribution in [0.5, 0.6) is 0 Å². The normalized spacial score (nSPS) is 18.6. The summed E-state index contributed by atoms with van der Waals surface area (Å²) >= 11 is 5.81. The number of nitrogens with zero attached hydrogens (tertiary/aromatic N) is 1. The van der Waals surface area contributed by atoms with Crippen molar-refractivity contribution in [3.63, 3.8) is 0 Å². The largest absolute Gasteiger partial charge is 0.478 e. The van der Waals surface area contributed by atoms with Crippen LogP contribution in [0.3, 0.4) is 0 Å². The monoisotopic (exact) mass is 340 g/mol. The van der Waals surface area contributed by atoms with Crippen LogP contribution in [0.1, 0.15) is 36.0 Å². The van der Waals surface area contributed by atoms with Crippen LogP contribution >= 0.6 is 11.6 Å². The van der Waals surface area contributed by atoms with Crippen LogP contribution in [-0.2, 0) is 4.79 Å². The fourth-order valence-corrected chi connectivity index (χ4v) is 3.09. The van der Waals surface area contributed by atoms with E-state index in [1.165, 1.54) is 12.1 Å². The SMILES string of the molecule is O=C(CN1CCCC[C@H]1CCO)Nc1ccc(Cl)c(C(=O)O)c1. The van der Waals surface area contributed by atoms with E-state index in [1.54, 1.807) is 6.07 Å². The number of aliphatic hydroxyl groups is 1. The molecule has 1 aromatic rings. The van der Waals surface area contributed by atoms with Crippen molar-refractivity contribution in [2.75, 3.05) is 25.0 Å². The van der Waals surface area contributed by atoms with Gasteiger partial charge in [-0.1, -0.05) is 18.0 Å². The van der Waals surface area contributed by atoms with Gasteiger partial charge in [0.25, 0.3) is 0 Å². The molecule has 1 aliphatic rings. The summed E-state index contributed by atoms with van der Waals surface area (Å²) in [7, 11) is 0. The molecule has 1 saturated heterocycles. The van der Waals surface area contributed by atoms with E-state index in [9.17, 15) is 9.59 Å². The molecule has 0 spiro atoms. The van der Waals surface area contributed by atoms with E-state index in [1.807, 2.05) is 0 Å². The number of carboxylic acids is 1. The summed E-state index contributed by atoms with van der Waals surface area (Å²) in [6, 6.07) is 4.60. The summed E-state index contributed by atoms with van der Waals surface area (Å²) in [6.45, 7) is 1.18. The number of carbonyl (C=O) groups is 2. The topological polar surface area (TPSA) is 89.9 Å². The number of piperidine rings is 1. The lowest BCUT2D eigenvalue weighted by atomic mass is 9.99. The Hall–Kier alpha value is -1.63. The Labute approximate surface area is 140 Å². The smallest absolute Gasteiger partial charge is 0.337 e. The molecule has 1 heterocycles. The van der Waals surface area contributed by atoms with Crippen molar-refractivity contribution in [3.05, 3.63) is 28.8 Å². The number of carboxylic acid groups (broad SMARTS) is 1. The van der Waals surface area contributed by atoms with Gasteiger partial charge < -0.3 is 15.5 Å². The van der Waals surface area contributed by atoms with E-state index in [0.29, 0.717) is 12.1 Å². The summed E-state index contributed by atoms with van der Waals surface area (Å²) in [6.07, 6.45) is 3.80. The molecule has 6 nitrogen and oxygen atoms in total. The predicted octanol–water partition coefficient (Wildman–Crippen LogP) is 2.21. The lowest BCUT2D eigenvalue weighted by molar-refractivity contribution is -0.118. The molecule has 1 amide bonds. The van der Waals surface area contributed by atoms with Gasteiger partial charge in [0.05, 0.1) is 17.1 Å². The number of carbonyl (C=O) groups excluding carboxylic acids is 1. The average Bonchev–Trinajstić information content (AvgIpc) is 2.51. The maximum atomic E-state index is 12.2. The number of amides is 1. The molecule has 3 N–H and O–H groups in total. The number of aliphatic hydroxyl groups excluding tert-OH is 1. The number of rotatable bonds is 6. The van der Waals surface area contributed by atoms with Crippen molar-refractivity contribution < 1.29 is 19.8 Å². The third kappa shape index (κ3) is 4.92. The predicted molar refractivity (Wildman–Crippen MR) is 88.0 cm³/mol. The van der Waals surface area contributed by atoms with Crippen molar-refractivity contribution >= 4 is 29.2 Å². The van der Waals surface area contributed by atoms with Gasteiger partial charge in [0.15, 0.2) is 0 Å². The molecule has 0 saturated carbocycles. The molecule has 0 aliphatic carbocycles. The van der Waals surface area contributed by atoms with Crippen molar-refractivity contribution in [1.82, 2.24) is 4.90 Å². The van der Waals surface area contributed by atoms with Gasteiger partial charge in [-0.05, 0) is 44.0 Å². The zero-order valence-electron chi connectivity index (χ0n) is 12.8. The van der Waals surface area contributed by atoms with Gasteiger partial charge in [-0.2, -0.15) is 0 Å². The molecule has 1 aliphatic heterocycles. The highest BCUT2D eigenvalue weighted by Crippen LogP contribution is 2.22. The third-order valence-corrected chi connectivity index (χ3v) is 4.37. The molecule has 1 atom stereocenters. The lowest BCUT2D eigenvalue weighted by Gasteiger charge is -2.34. The maximum absolute atomic E-state index is 12.2. The van der Waals surface area contributed by atoms with Crippen LogP contribution < -0.4 is 5.32 Å². The molecule has 126 valence electrons. The van der Waals surface area contributed by atoms with E-state index in [0.717, 1.165) is 25.8 Å². The molecule has 1 aromatic carbocycles. The van der Waals surface area contributed by atoms with Crippen molar-refractivity contribution in [2.24, 2.45) is 0 Å². The zero-order chi connectivity index (χ0) is 16.8. The number of nitrogens with one attached hydrogen (secondary N) is 1. The van der Waals surface area contributed by atoms with Crippen LogP contribution in [0.2, 0.25) is 5.02 Å². The fraction of sp³-hybridized carbons (Fsp3) is 0.500. The molecular formula is C16H21ClN2O4. The molecule has 7 heteroatoms. The van der Waals surface area contributed by atoms with Crippen LogP contribution in [0.25, 0.3) is 0 Å². The summed E-state index contributed by atoms with van der Waals surface area (Å²) in [5.41, 5.74) is 0.369. The highest BCUT2D eigenvalue weighted by Gasteiger charge is 2.23. The van der Waals surface area contributed by atoms with E-state index >= 15 is 0 Å². The molecule has 0 bridgehead atoms. The first-order valence-electron chi connectivity index (χ1n) is 7.69. The number of aromatic carboxylic acids is 1. The summed E-state index contributed by atoms with van der Waals surface area (Å²) in [4.78, 5) is 25.3. The fourth-order valence-electron chi connectivity index (χ4n) is 2.90. The van der Waals surface area contributed by atoms with Crippen molar-refractivity contribution in [3.8, 4) is 0 Å². The third-order valence-electron chi connectivity index (χ3n) is 4.04. The van der Waals surface area contributed by atoms with Crippen LogP contribution in [-0.4, -0.2) is 52.7 Å². The molecule has 0 aromatic heterocycles. The second-order valence-electron chi connectivity index (χ2n) is 5.68. The molecular weight excluding hydrogens is 320 g/mol. The van der Waals surface area contributed by atoms with Gasteiger partial charge in [0.1, 0.15) is 0 Å². The van der Waals surface area contributed by atoms with Gasteiger partial charge in [-0.15, -0.1) is 0 Å². The maximum Gasteiger partial charge on any atom is 0.337 e. The number of anilines is 1. The van der Waals surface area contributed by atoms with Gasteiger partial charge in [0, 0.05) is 18.3 Å². The van der Waals surface area contributed by atoms with Crippen LogP contribution in [0, 0.1) is 0 Å². The number of hydrogen-bond donors (Lipinski definition) is 3. The van der Waals surface area contributed by atoms with Gasteiger partial charge >= 0.3 is 5.97 Å². The van der Waals surface area contributed by atoms with Gasteiger partial charge in [0.2, 0.25) is 5.91 Å². The first-order chi connectivity index (χ1) is 11.0. The van der Waals surface area contributed by atoms with E-state index in [2.05, 4.69) is 10.2 Å². The number of hydrogen-bond acceptors (Lipinski definition) is 4. The molecule has 0 radical (unpaired) electrons. The summed E-state index contributed by atoms with van der Waals surface area (Å²) in [5.74, 6) is -1.33. The minimum absolute atomic E-state index is 0.0411. The van der Waals surface area contributed by atoms with Crippen LogP contribution in [0.4, 0.5) is 5.69 Å². The summed E-state index contributed by atoms with van der Waals surface area (Å²) in [5, 5.41) is 21.0. The highest BCUT2D eigenvalue weighted by molar-refractivity contribution is 6.33. The Morgan fingerprint density at radius 1 is 1.35 bits per heavy atom. The Kier molecular flexibility index (Phi) is 6.38. The standard InChI is InChI=1S/C16H21ClN2O4/c17-14-5-4-11(9-13(14)16(22)23)18-15(21)10-19-7-2-1-3-12(19)6-8-20/h4-5,9,12,20H,1-3,6-8,10H2,(H,18,21)(H,22,23)/t12-/m0/s1. The molecule has 1 fully saturated rings. The quantitative estimate of drug-likeness (QED) is 0.738. The Morgan fingerprint density at radius 3 is 2.83 bits per heavy atom. The van der Waals surface area contributed by atoms with E-state index in [4.69, 9.17) is 21.8 Å². The molecule has 23 heavy (non-hydrogen) atoms. The highest BCUT2D eigenvalue weighted by atomic mass is 35.5. The summed E-state index contributed by atoms with van der Waals surface area (Å²) < 4.78 is 0. The van der Waals surface area contributed by atoms with E-state index < -0.39 is 5.97 Å². The van der Waals surface area contributed by atoms with Crippen molar-refractivity contribution in [1.29, 1.82) is 0 Å². The minimum atomic E-state index is -1.13. The van der Waals surface area contributed by atoms with E-state index in [-0.39, 0.29) is 35.7 Å². The Morgan fingerprint density at radius 2 is 2.13 bits per heavy atom. The number of halogens is 1. The first-order valence-corrected chi connectivity index (χ1v) is 8.06. The van der Waals surface area contributed by atoms with Crippen LogP contribution in [0.15, 0.2) is 18.2 Å². The zero-order valence-corrected chi connectivity index (χ0v) is 13.6. The Balaban J connectivity index is 1.98. The molecule has 2 rings (SSSR count). The molecule has 0 unspecified atom stereocenters. The van der Waals surface area contributed by atoms with Gasteiger partial charge in [-0.3, -0.25) is 9.69 Å². The number of likely N-dealkylation sites (tertiary alicyclic amines) is 1. The second-order valence-corrected chi connectivity index (χ2v) is 6.09. The van der Waals surface area contributed by atoms with Gasteiger partial charge in [-0.25, -0.2) is 4.79 Å². The average molecular weight is 341 g/mol. The van der Waals surface area contributed by atoms with Crippen molar-refractivity contribution in [2.45, 2.75) is 31.7 Å². The minimum Gasteiger partial charge on any atom is -0.478 e. The Bertz CT molecular complexity index is 577. The lowest BCUT2D eigenvalue weighted by Crippen LogP contribution is -2.44. The first kappa shape index (κ1) is 17.7. The number of benzene rings is 1.